The number of hydrogen-bond donors (Lipinski definition) is 2. The van der Waals surface area contributed by atoms with Crippen molar-refractivity contribution in [3.05, 3.63) is 18.3 Å². The van der Waals surface area contributed by atoms with Crippen molar-refractivity contribution >= 4 is 17.4 Å². The minimum absolute atomic E-state index is 0.0537. The predicted octanol–water partition coefficient (Wildman–Crippen LogP) is 1.76. The first-order valence-corrected chi connectivity index (χ1v) is 7.58. The van der Waals surface area contributed by atoms with Crippen LogP contribution in [0.5, 0.6) is 0 Å². The zero-order valence-electron chi connectivity index (χ0n) is 11.8. The SMILES string of the molecule is O=C(Nc1ccc(N2CCCC2)nc1)[C@H]1CCCCN1. The van der Waals surface area contributed by atoms with Crippen LogP contribution < -0.4 is 15.5 Å². The van der Waals surface area contributed by atoms with Crippen LogP contribution >= 0.6 is 0 Å². The summed E-state index contributed by atoms with van der Waals surface area (Å²) in [4.78, 5) is 18.8. The summed E-state index contributed by atoms with van der Waals surface area (Å²) in [5.74, 6) is 1.07. The molecule has 0 spiro atoms. The molecule has 5 nitrogen and oxygen atoms in total. The van der Waals surface area contributed by atoms with E-state index in [0.29, 0.717) is 0 Å². The zero-order valence-corrected chi connectivity index (χ0v) is 11.8. The first kappa shape index (κ1) is 13.4. The number of nitrogens with zero attached hydrogens (tertiary/aromatic N) is 2. The molecule has 0 unspecified atom stereocenters. The molecule has 1 amide bonds. The van der Waals surface area contributed by atoms with Crippen LogP contribution in [-0.4, -0.2) is 36.6 Å². The lowest BCUT2D eigenvalue weighted by Crippen LogP contribution is -2.43. The van der Waals surface area contributed by atoms with Gasteiger partial charge in [0.25, 0.3) is 0 Å². The Balaban J connectivity index is 1.58. The van der Waals surface area contributed by atoms with E-state index in [1.807, 2.05) is 12.1 Å². The summed E-state index contributed by atoms with van der Waals surface area (Å²) in [6.07, 6.45) is 7.45. The van der Waals surface area contributed by atoms with Gasteiger partial charge in [-0.1, -0.05) is 6.42 Å². The van der Waals surface area contributed by atoms with Crippen molar-refractivity contribution in [3.63, 3.8) is 0 Å². The Hall–Kier alpha value is -1.62. The van der Waals surface area contributed by atoms with Crippen molar-refractivity contribution in [1.82, 2.24) is 10.3 Å². The van der Waals surface area contributed by atoms with Gasteiger partial charge in [0, 0.05) is 13.1 Å². The molecule has 3 heterocycles. The van der Waals surface area contributed by atoms with Crippen LogP contribution in [0.2, 0.25) is 0 Å². The fourth-order valence-electron chi connectivity index (χ4n) is 2.90. The number of rotatable bonds is 3. The molecule has 5 heteroatoms. The maximum absolute atomic E-state index is 12.1. The average molecular weight is 274 g/mol. The molecule has 0 bridgehead atoms. The smallest absolute Gasteiger partial charge is 0.241 e. The van der Waals surface area contributed by atoms with Crippen molar-refractivity contribution in [2.45, 2.75) is 38.1 Å². The first-order valence-electron chi connectivity index (χ1n) is 7.58. The molecule has 0 aromatic carbocycles. The Morgan fingerprint density at radius 2 is 2.10 bits per heavy atom. The van der Waals surface area contributed by atoms with Gasteiger partial charge in [-0.2, -0.15) is 0 Å². The monoisotopic (exact) mass is 274 g/mol. The van der Waals surface area contributed by atoms with E-state index in [4.69, 9.17) is 0 Å². The standard InChI is InChI=1S/C15H22N4O/c20-15(13-5-1-2-8-16-13)18-12-6-7-14(17-11-12)19-9-3-4-10-19/h6-7,11,13,16H,1-5,8-10H2,(H,18,20)/t13-/m1/s1. The number of carbonyl (C=O) groups excluding carboxylic acids is 1. The van der Waals surface area contributed by atoms with E-state index in [9.17, 15) is 4.79 Å². The second-order valence-corrected chi connectivity index (χ2v) is 5.59. The van der Waals surface area contributed by atoms with Gasteiger partial charge in [0.2, 0.25) is 5.91 Å². The summed E-state index contributed by atoms with van der Waals surface area (Å²) >= 11 is 0. The van der Waals surface area contributed by atoms with Crippen molar-refractivity contribution in [2.75, 3.05) is 29.9 Å². The number of aromatic nitrogens is 1. The summed E-state index contributed by atoms with van der Waals surface area (Å²) in [6.45, 7) is 3.11. The maximum atomic E-state index is 12.1. The number of piperidine rings is 1. The largest absolute Gasteiger partial charge is 0.357 e. The number of nitrogens with one attached hydrogen (secondary N) is 2. The second-order valence-electron chi connectivity index (χ2n) is 5.59. The van der Waals surface area contributed by atoms with Gasteiger partial charge >= 0.3 is 0 Å². The molecule has 0 saturated carbocycles. The summed E-state index contributed by atoms with van der Waals surface area (Å²) < 4.78 is 0. The summed E-state index contributed by atoms with van der Waals surface area (Å²) in [6, 6.07) is 3.89. The van der Waals surface area contributed by atoms with E-state index in [1.54, 1.807) is 6.20 Å². The molecule has 20 heavy (non-hydrogen) atoms. The molecule has 1 aromatic rings. The molecule has 1 atom stereocenters. The maximum Gasteiger partial charge on any atom is 0.241 e. The molecule has 0 radical (unpaired) electrons. The van der Waals surface area contributed by atoms with Crippen molar-refractivity contribution in [3.8, 4) is 0 Å². The number of carbonyl (C=O) groups is 1. The Morgan fingerprint density at radius 1 is 1.25 bits per heavy atom. The molecule has 2 N–H and O–H groups in total. The fraction of sp³-hybridized carbons (Fsp3) is 0.600. The first-order chi connectivity index (χ1) is 9.83. The van der Waals surface area contributed by atoms with E-state index >= 15 is 0 Å². The van der Waals surface area contributed by atoms with Crippen LogP contribution in [0.1, 0.15) is 32.1 Å². The van der Waals surface area contributed by atoms with Crippen molar-refractivity contribution in [1.29, 1.82) is 0 Å². The number of anilines is 2. The van der Waals surface area contributed by atoms with Crippen LogP contribution in [0.15, 0.2) is 18.3 Å². The highest BCUT2D eigenvalue weighted by Gasteiger charge is 2.20. The van der Waals surface area contributed by atoms with Gasteiger partial charge in [0.1, 0.15) is 5.82 Å². The topological polar surface area (TPSA) is 57.3 Å². The molecular weight excluding hydrogens is 252 g/mol. The molecule has 2 aliphatic heterocycles. The Labute approximate surface area is 119 Å². The van der Waals surface area contributed by atoms with Crippen LogP contribution in [0.4, 0.5) is 11.5 Å². The summed E-state index contributed by atoms with van der Waals surface area (Å²) in [5, 5.41) is 6.20. The van der Waals surface area contributed by atoms with E-state index in [2.05, 4.69) is 20.5 Å². The van der Waals surface area contributed by atoms with Crippen LogP contribution in [0, 0.1) is 0 Å². The molecule has 1 aromatic heterocycles. The van der Waals surface area contributed by atoms with Crippen molar-refractivity contribution in [2.24, 2.45) is 0 Å². The van der Waals surface area contributed by atoms with Gasteiger partial charge in [0.05, 0.1) is 17.9 Å². The normalized spacial score (nSPS) is 22.8. The van der Waals surface area contributed by atoms with E-state index < -0.39 is 0 Å². The van der Waals surface area contributed by atoms with Gasteiger partial charge in [0.15, 0.2) is 0 Å². The zero-order chi connectivity index (χ0) is 13.8. The van der Waals surface area contributed by atoms with Gasteiger partial charge in [-0.25, -0.2) is 4.98 Å². The van der Waals surface area contributed by atoms with E-state index in [-0.39, 0.29) is 11.9 Å². The lowest BCUT2D eigenvalue weighted by atomic mass is 10.0. The molecule has 2 aliphatic rings. The third kappa shape index (κ3) is 3.10. The molecular formula is C15H22N4O. The quantitative estimate of drug-likeness (QED) is 0.882. The minimum atomic E-state index is -0.0537. The minimum Gasteiger partial charge on any atom is -0.357 e. The molecule has 2 fully saturated rings. The number of hydrogen-bond acceptors (Lipinski definition) is 4. The van der Waals surface area contributed by atoms with Crippen LogP contribution in [0.25, 0.3) is 0 Å². The molecule has 2 saturated heterocycles. The fourth-order valence-corrected chi connectivity index (χ4v) is 2.90. The van der Waals surface area contributed by atoms with Gasteiger partial charge in [-0.3, -0.25) is 4.79 Å². The molecule has 108 valence electrons. The third-order valence-electron chi connectivity index (χ3n) is 4.07. The van der Waals surface area contributed by atoms with Crippen LogP contribution in [-0.2, 0) is 4.79 Å². The van der Waals surface area contributed by atoms with Gasteiger partial charge in [-0.15, -0.1) is 0 Å². The highest BCUT2D eigenvalue weighted by atomic mass is 16.2. The van der Waals surface area contributed by atoms with Crippen LogP contribution in [0.3, 0.4) is 0 Å². The van der Waals surface area contributed by atoms with Gasteiger partial charge in [-0.05, 0) is 44.4 Å². The summed E-state index contributed by atoms with van der Waals surface area (Å²) in [5.41, 5.74) is 0.783. The second kappa shape index (κ2) is 6.22. The van der Waals surface area contributed by atoms with Gasteiger partial charge < -0.3 is 15.5 Å². The average Bonchev–Trinajstić information content (AvgIpc) is 3.03. The lowest BCUT2D eigenvalue weighted by molar-refractivity contribution is -0.118. The Kier molecular flexibility index (Phi) is 4.16. The highest BCUT2D eigenvalue weighted by molar-refractivity contribution is 5.94. The number of amides is 1. The highest BCUT2D eigenvalue weighted by Crippen LogP contribution is 2.19. The Morgan fingerprint density at radius 3 is 2.75 bits per heavy atom. The van der Waals surface area contributed by atoms with E-state index in [1.165, 1.54) is 12.8 Å². The van der Waals surface area contributed by atoms with E-state index in [0.717, 1.165) is 50.4 Å². The van der Waals surface area contributed by atoms with Crippen molar-refractivity contribution < 1.29 is 4.79 Å². The summed E-state index contributed by atoms with van der Waals surface area (Å²) in [7, 11) is 0. The third-order valence-corrected chi connectivity index (χ3v) is 4.07. The molecule has 3 rings (SSSR count). The Bertz CT molecular complexity index is 447. The number of pyridine rings is 1. The predicted molar refractivity (Wildman–Crippen MR) is 80.0 cm³/mol. The molecule has 0 aliphatic carbocycles. The lowest BCUT2D eigenvalue weighted by Gasteiger charge is -2.22.